The number of nitrogens with two attached hydrogens (primary N) is 1. The molecular weight excluding hydrogens is 355 g/mol. The van der Waals surface area contributed by atoms with Gasteiger partial charge in [0.1, 0.15) is 0 Å². The van der Waals surface area contributed by atoms with Crippen molar-refractivity contribution in [3.8, 4) is 0 Å². The molecule has 0 bridgehead atoms. The standard InChI is InChI=1S/C11H12Br2N2.ClH/c1-6-8(2-3-14)9-4-7(12)5-10(13)11(9)15-6;/h4-5,15H,2-3,14H2,1H3;1H. The van der Waals surface area contributed by atoms with E-state index in [2.05, 4.69) is 49.8 Å². The highest BCUT2D eigenvalue weighted by atomic mass is 79.9. The van der Waals surface area contributed by atoms with Crippen LogP contribution in [0.1, 0.15) is 11.3 Å². The number of benzene rings is 1. The first kappa shape index (κ1) is 14.0. The average molecular weight is 369 g/mol. The third-order valence-corrected chi connectivity index (χ3v) is 3.62. The van der Waals surface area contributed by atoms with Gasteiger partial charge in [0, 0.05) is 20.0 Å². The zero-order chi connectivity index (χ0) is 11.0. The van der Waals surface area contributed by atoms with Gasteiger partial charge < -0.3 is 10.7 Å². The molecule has 0 amide bonds. The Kier molecular flexibility index (Phi) is 4.86. The number of H-pyrrole nitrogens is 1. The largest absolute Gasteiger partial charge is 0.357 e. The number of rotatable bonds is 2. The fraction of sp³-hybridized carbons (Fsp3) is 0.273. The van der Waals surface area contributed by atoms with Crippen LogP contribution in [0.4, 0.5) is 0 Å². The quantitative estimate of drug-likeness (QED) is 0.829. The lowest BCUT2D eigenvalue weighted by atomic mass is 10.1. The van der Waals surface area contributed by atoms with Gasteiger partial charge in [-0.15, -0.1) is 12.4 Å². The molecule has 3 N–H and O–H groups in total. The van der Waals surface area contributed by atoms with E-state index in [1.807, 2.05) is 6.07 Å². The molecule has 0 atom stereocenters. The van der Waals surface area contributed by atoms with E-state index in [4.69, 9.17) is 5.73 Å². The van der Waals surface area contributed by atoms with Crippen LogP contribution in [0, 0.1) is 6.92 Å². The molecule has 1 aromatic heterocycles. The van der Waals surface area contributed by atoms with Crippen molar-refractivity contribution in [2.24, 2.45) is 5.73 Å². The van der Waals surface area contributed by atoms with Crippen molar-refractivity contribution in [3.05, 3.63) is 32.3 Å². The van der Waals surface area contributed by atoms with Crippen LogP contribution in [0.5, 0.6) is 0 Å². The van der Waals surface area contributed by atoms with E-state index < -0.39 is 0 Å². The van der Waals surface area contributed by atoms with Gasteiger partial charge in [-0.25, -0.2) is 0 Å². The molecule has 2 rings (SSSR count). The Morgan fingerprint density at radius 2 is 2.00 bits per heavy atom. The second-order valence-corrected chi connectivity index (χ2v) is 5.35. The zero-order valence-electron chi connectivity index (χ0n) is 8.81. The number of hydrogen-bond acceptors (Lipinski definition) is 1. The summed E-state index contributed by atoms with van der Waals surface area (Å²) in [7, 11) is 0. The third-order valence-electron chi connectivity index (χ3n) is 2.54. The molecule has 0 unspecified atom stereocenters. The van der Waals surface area contributed by atoms with Crippen LogP contribution in [0.3, 0.4) is 0 Å². The lowest BCUT2D eigenvalue weighted by Gasteiger charge is -2.00. The first-order valence-corrected chi connectivity index (χ1v) is 6.38. The van der Waals surface area contributed by atoms with Crippen LogP contribution in [-0.4, -0.2) is 11.5 Å². The summed E-state index contributed by atoms with van der Waals surface area (Å²) in [6.45, 7) is 2.77. The second kappa shape index (κ2) is 5.54. The minimum Gasteiger partial charge on any atom is -0.357 e. The van der Waals surface area contributed by atoms with Crippen molar-refractivity contribution in [2.45, 2.75) is 13.3 Å². The van der Waals surface area contributed by atoms with Crippen molar-refractivity contribution in [2.75, 3.05) is 6.54 Å². The fourth-order valence-electron chi connectivity index (χ4n) is 1.87. The lowest BCUT2D eigenvalue weighted by molar-refractivity contribution is 0.963. The molecule has 0 spiro atoms. The van der Waals surface area contributed by atoms with Gasteiger partial charge >= 0.3 is 0 Å². The van der Waals surface area contributed by atoms with E-state index in [0.717, 1.165) is 20.9 Å². The number of fused-ring (bicyclic) bond motifs is 1. The molecule has 0 saturated carbocycles. The first-order chi connectivity index (χ1) is 7.13. The maximum atomic E-state index is 5.62. The lowest BCUT2D eigenvalue weighted by Crippen LogP contribution is -2.03. The highest BCUT2D eigenvalue weighted by molar-refractivity contribution is 9.11. The van der Waals surface area contributed by atoms with Crippen LogP contribution in [0.25, 0.3) is 10.9 Å². The SMILES string of the molecule is Cc1[nH]c2c(Br)cc(Br)cc2c1CCN.Cl. The molecule has 0 aliphatic rings. The van der Waals surface area contributed by atoms with Crippen LogP contribution in [0.15, 0.2) is 21.1 Å². The average Bonchev–Trinajstić information content (AvgIpc) is 2.46. The van der Waals surface area contributed by atoms with Crippen LogP contribution < -0.4 is 5.73 Å². The number of aryl methyl sites for hydroxylation is 1. The molecule has 0 saturated heterocycles. The molecule has 2 aromatic rings. The molecule has 2 nitrogen and oxygen atoms in total. The van der Waals surface area contributed by atoms with E-state index >= 15 is 0 Å². The van der Waals surface area contributed by atoms with Crippen molar-refractivity contribution < 1.29 is 0 Å². The maximum Gasteiger partial charge on any atom is 0.0604 e. The fourth-order valence-corrected chi connectivity index (χ4v) is 3.19. The molecule has 0 aliphatic heterocycles. The van der Waals surface area contributed by atoms with E-state index in [1.54, 1.807) is 0 Å². The highest BCUT2D eigenvalue weighted by Gasteiger charge is 2.10. The molecule has 0 radical (unpaired) electrons. The number of aromatic amines is 1. The summed E-state index contributed by atoms with van der Waals surface area (Å²) >= 11 is 7.06. The molecular formula is C11H13Br2ClN2. The summed E-state index contributed by atoms with van der Waals surface area (Å²) in [6.07, 6.45) is 0.911. The number of aromatic nitrogens is 1. The van der Waals surface area contributed by atoms with Gasteiger partial charge in [-0.05, 0) is 53.5 Å². The van der Waals surface area contributed by atoms with E-state index in [-0.39, 0.29) is 12.4 Å². The van der Waals surface area contributed by atoms with E-state index in [9.17, 15) is 0 Å². The summed E-state index contributed by atoms with van der Waals surface area (Å²) < 4.78 is 2.16. The summed E-state index contributed by atoms with van der Waals surface area (Å²) in [5, 5.41) is 1.25. The molecule has 88 valence electrons. The van der Waals surface area contributed by atoms with E-state index in [1.165, 1.54) is 16.6 Å². The normalized spacial score (nSPS) is 10.5. The third kappa shape index (κ3) is 2.45. The maximum absolute atomic E-state index is 5.62. The van der Waals surface area contributed by atoms with E-state index in [0.29, 0.717) is 6.54 Å². The first-order valence-electron chi connectivity index (χ1n) is 4.79. The smallest absolute Gasteiger partial charge is 0.0604 e. The minimum atomic E-state index is 0. The molecule has 1 heterocycles. The molecule has 5 heteroatoms. The van der Waals surface area contributed by atoms with Crippen molar-refractivity contribution in [3.63, 3.8) is 0 Å². The highest BCUT2D eigenvalue weighted by Crippen LogP contribution is 2.31. The number of halogens is 3. The predicted octanol–water partition coefficient (Wildman–Crippen LogP) is 3.92. The Hall–Kier alpha value is -0.0300. The van der Waals surface area contributed by atoms with Crippen LogP contribution in [-0.2, 0) is 6.42 Å². The topological polar surface area (TPSA) is 41.8 Å². The Balaban J connectivity index is 0.00000128. The Bertz CT molecular complexity index is 508. The second-order valence-electron chi connectivity index (χ2n) is 3.58. The van der Waals surface area contributed by atoms with Gasteiger partial charge in [0.2, 0.25) is 0 Å². The Morgan fingerprint density at radius 1 is 1.31 bits per heavy atom. The summed E-state index contributed by atoms with van der Waals surface area (Å²) in [5.74, 6) is 0. The van der Waals surface area contributed by atoms with Crippen LogP contribution >= 0.6 is 44.3 Å². The molecule has 0 fully saturated rings. The van der Waals surface area contributed by atoms with Crippen LogP contribution in [0.2, 0.25) is 0 Å². The monoisotopic (exact) mass is 366 g/mol. The molecule has 16 heavy (non-hydrogen) atoms. The van der Waals surface area contributed by atoms with Gasteiger partial charge in [0.15, 0.2) is 0 Å². The van der Waals surface area contributed by atoms with Gasteiger partial charge in [-0.3, -0.25) is 0 Å². The predicted molar refractivity (Wildman–Crippen MR) is 78.4 cm³/mol. The Labute approximate surface area is 118 Å². The number of nitrogens with one attached hydrogen (secondary N) is 1. The van der Waals surface area contributed by atoms with Gasteiger partial charge in [0.05, 0.1) is 5.52 Å². The van der Waals surface area contributed by atoms with Gasteiger partial charge in [-0.1, -0.05) is 15.9 Å². The van der Waals surface area contributed by atoms with Crippen molar-refractivity contribution in [1.82, 2.24) is 4.98 Å². The van der Waals surface area contributed by atoms with Gasteiger partial charge in [-0.2, -0.15) is 0 Å². The van der Waals surface area contributed by atoms with Crippen molar-refractivity contribution in [1.29, 1.82) is 0 Å². The minimum absolute atomic E-state index is 0. The summed E-state index contributed by atoms with van der Waals surface area (Å²) in [6, 6.07) is 4.18. The molecule has 1 aromatic carbocycles. The zero-order valence-corrected chi connectivity index (χ0v) is 12.8. The summed E-state index contributed by atoms with van der Waals surface area (Å²) in [4.78, 5) is 3.38. The Morgan fingerprint density at radius 3 is 2.62 bits per heavy atom. The molecule has 0 aliphatic carbocycles. The van der Waals surface area contributed by atoms with Gasteiger partial charge in [0.25, 0.3) is 0 Å². The summed E-state index contributed by atoms with van der Waals surface area (Å²) in [5.41, 5.74) is 9.29. The van der Waals surface area contributed by atoms with Crippen molar-refractivity contribution >= 4 is 55.2 Å². The number of hydrogen-bond donors (Lipinski definition) is 2.